The molecule has 0 fully saturated rings. The van der Waals surface area contributed by atoms with Crippen LogP contribution in [0.4, 0.5) is 13.2 Å². The number of halogens is 3. The minimum absolute atomic E-state index is 0.308. The molecule has 0 bridgehead atoms. The fourth-order valence-corrected chi connectivity index (χ4v) is 1.65. The van der Waals surface area contributed by atoms with Gasteiger partial charge in [-0.15, -0.1) is 0 Å². The molecule has 0 spiro atoms. The quantitative estimate of drug-likeness (QED) is 0.799. The summed E-state index contributed by atoms with van der Waals surface area (Å²) in [6, 6.07) is 7.68. The average molecular weight is 296 g/mol. The monoisotopic (exact) mass is 296 g/mol. The molecule has 0 aliphatic carbocycles. The zero-order valence-electron chi connectivity index (χ0n) is 11.0. The van der Waals surface area contributed by atoms with Gasteiger partial charge in [0.1, 0.15) is 5.70 Å². The summed E-state index contributed by atoms with van der Waals surface area (Å²) in [7, 11) is 1.15. The van der Waals surface area contributed by atoms with E-state index in [1.54, 1.807) is 30.3 Å². The van der Waals surface area contributed by atoms with Gasteiger partial charge in [-0.2, -0.15) is 18.2 Å². The lowest BCUT2D eigenvalue weighted by Gasteiger charge is -2.18. The molecular weight excluding hydrogens is 285 g/mol. The summed E-state index contributed by atoms with van der Waals surface area (Å²) in [6.45, 7) is 0. The number of allylic oxidation sites excluding steroid dienone is 3. The second-order valence-corrected chi connectivity index (χ2v) is 4.03. The number of carbonyl (C=O) groups excluding carboxylic acids is 1. The number of aliphatic imine (C=N–C) groups is 1. The number of rotatable bonds is 1. The predicted molar refractivity (Wildman–Crippen MR) is 70.3 cm³/mol. The molecule has 0 radical (unpaired) electrons. The molecule has 0 saturated heterocycles. The average Bonchev–Trinajstić information content (AvgIpc) is 2.69. The fraction of sp³-hybridized carbons (Fsp3) is 0.143. The summed E-state index contributed by atoms with van der Waals surface area (Å²) in [5.74, 6) is -0.538. The van der Waals surface area contributed by atoms with Crippen molar-refractivity contribution >= 4 is 11.9 Å². The number of hydrogen-bond acceptors (Lipinski definition) is 3. The number of amides is 1. The summed E-state index contributed by atoms with van der Waals surface area (Å²) >= 11 is 0. The molecule has 1 aromatic carbocycles. The van der Waals surface area contributed by atoms with Gasteiger partial charge in [0.2, 0.25) is 0 Å². The van der Waals surface area contributed by atoms with Crippen molar-refractivity contribution in [1.29, 1.82) is 0 Å². The number of alkyl halides is 3. The molecule has 1 aliphatic rings. The first-order chi connectivity index (χ1) is 9.93. The van der Waals surface area contributed by atoms with E-state index in [1.165, 1.54) is 6.20 Å². The Bertz CT molecular complexity index is 619. The highest BCUT2D eigenvalue weighted by molar-refractivity contribution is 6.05. The molecule has 0 saturated carbocycles. The number of carbonyl (C=O) groups is 1. The normalized spacial score (nSPS) is 15.1. The lowest BCUT2D eigenvalue weighted by Crippen LogP contribution is -2.33. The smallest absolute Gasteiger partial charge is 0.433 e. The van der Waals surface area contributed by atoms with E-state index in [4.69, 9.17) is 4.74 Å². The summed E-state index contributed by atoms with van der Waals surface area (Å²) in [5.41, 5.74) is -0.832. The van der Waals surface area contributed by atoms with Crippen molar-refractivity contribution in [3.63, 3.8) is 0 Å². The van der Waals surface area contributed by atoms with E-state index in [-0.39, 0.29) is 0 Å². The van der Waals surface area contributed by atoms with Crippen molar-refractivity contribution in [1.82, 2.24) is 4.90 Å². The van der Waals surface area contributed by atoms with Crippen LogP contribution in [-0.4, -0.2) is 30.1 Å². The molecule has 1 aliphatic heterocycles. The number of hydrogen-bond donors (Lipinski definition) is 0. The van der Waals surface area contributed by atoms with E-state index in [0.29, 0.717) is 5.56 Å². The van der Waals surface area contributed by atoms with Crippen LogP contribution in [-0.2, 0) is 4.74 Å². The molecule has 0 atom stereocenters. The van der Waals surface area contributed by atoms with Gasteiger partial charge < -0.3 is 4.74 Å². The van der Waals surface area contributed by atoms with Gasteiger partial charge in [-0.05, 0) is 24.3 Å². The van der Waals surface area contributed by atoms with E-state index < -0.39 is 23.8 Å². The molecule has 7 heteroatoms. The molecule has 0 unspecified atom stereocenters. The molecule has 110 valence electrons. The molecule has 1 aromatic rings. The molecule has 1 heterocycles. The third-order valence-electron chi connectivity index (χ3n) is 2.62. The highest BCUT2D eigenvalue weighted by atomic mass is 19.4. The van der Waals surface area contributed by atoms with Crippen LogP contribution in [0.2, 0.25) is 0 Å². The van der Waals surface area contributed by atoms with Gasteiger partial charge in [0, 0.05) is 11.8 Å². The molecule has 4 nitrogen and oxygen atoms in total. The lowest BCUT2D eigenvalue weighted by atomic mass is 10.2. The SMILES string of the molecule is COC1=NC(C(F)(F)F)=CC=CN1C(=O)c1ccccc1. The summed E-state index contributed by atoms with van der Waals surface area (Å²) in [5, 5.41) is 0. The van der Waals surface area contributed by atoms with Crippen molar-refractivity contribution in [2.45, 2.75) is 6.18 Å². The summed E-state index contributed by atoms with van der Waals surface area (Å²) < 4.78 is 43.0. The summed E-state index contributed by atoms with van der Waals surface area (Å²) in [6.07, 6.45) is -1.58. The van der Waals surface area contributed by atoms with Crippen molar-refractivity contribution < 1.29 is 22.7 Å². The molecule has 0 aromatic heterocycles. The first kappa shape index (κ1) is 14.8. The van der Waals surface area contributed by atoms with Crippen molar-refractivity contribution in [3.8, 4) is 0 Å². The molecule has 2 rings (SSSR count). The maximum absolute atomic E-state index is 12.7. The highest BCUT2D eigenvalue weighted by Crippen LogP contribution is 2.28. The largest absolute Gasteiger partial charge is 0.468 e. The van der Waals surface area contributed by atoms with Crippen LogP contribution in [0.1, 0.15) is 10.4 Å². The second-order valence-electron chi connectivity index (χ2n) is 4.03. The Kier molecular flexibility index (Phi) is 4.11. The Morgan fingerprint density at radius 3 is 2.48 bits per heavy atom. The second kappa shape index (κ2) is 5.82. The van der Waals surface area contributed by atoms with Gasteiger partial charge in [-0.3, -0.25) is 4.79 Å². The minimum Gasteiger partial charge on any atom is -0.468 e. The first-order valence-corrected chi connectivity index (χ1v) is 5.90. The maximum Gasteiger partial charge on any atom is 0.433 e. The van der Waals surface area contributed by atoms with Gasteiger partial charge in [0.05, 0.1) is 7.11 Å². The van der Waals surface area contributed by atoms with E-state index in [1.807, 2.05) is 0 Å². The van der Waals surface area contributed by atoms with Crippen molar-refractivity contribution in [2.75, 3.05) is 7.11 Å². The topological polar surface area (TPSA) is 41.9 Å². The van der Waals surface area contributed by atoms with Crippen LogP contribution < -0.4 is 0 Å². The standard InChI is InChI=1S/C14H11F3N2O2/c1-21-13-18-11(14(15,16)17)8-5-9-19(13)12(20)10-6-3-2-4-7-10/h2-9H,1H3. The van der Waals surface area contributed by atoms with E-state index in [9.17, 15) is 18.0 Å². The van der Waals surface area contributed by atoms with Crippen molar-refractivity contribution in [3.05, 3.63) is 59.9 Å². The highest BCUT2D eigenvalue weighted by Gasteiger charge is 2.36. The molecular formula is C14H11F3N2O2. The van der Waals surface area contributed by atoms with Crippen LogP contribution in [0, 0.1) is 0 Å². The number of amidine groups is 1. The lowest BCUT2D eigenvalue weighted by molar-refractivity contribution is -0.0925. The van der Waals surface area contributed by atoms with E-state index in [0.717, 1.165) is 24.2 Å². The van der Waals surface area contributed by atoms with E-state index in [2.05, 4.69) is 4.99 Å². The Hall–Kier alpha value is -2.57. The van der Waals surface area contributed by atoms with Crippen LogP contribution in [0.5, 0.6) is 0 Å². The third kappa shape index (κ3) is 3.31. The molecule has 1 amide bonds. The molecule has 21 heavy (non-hydrogen) atoms. The number of methoxy groups -OCH3 is 1. The van der Waals surface area contributed by atoms with Gasteiger partial charge in [-0.25, -0.2) is 4.90 Å². The van der Waals surface area contributed by atoms with Gasteiger partial charge in [0.25, 0.3) is 5.91 Å². The summed E-state index contributed by atoms with van der Waals surface area (Å²) in [4.78, 5) is 16.6. The number of benzene rings is 1. The Balaban J connectivity index is 2.37. The van der Waals surface area contributed by atoms with Crippen LogP contribution >= 0.6 is 0 Å². The third-order valence-corrected chi connectivity index (χ3v) is 2.62. The van der Waals surface area contributed by atoms with Gasteiger partial charge >= 0.3 is 12.2 Å². The number of nitrogens with zero attached hydrogens (tertiary/aromatic N) is 2. The Morgan fingerprint density at radius 2 is 1.90 bits per heavy atom. The van der Waals surface area contributed by atoms with Crippen LogP contribution in [0.15, 0.2) is 59.4 Å². The zero-order chi connectivity index (χ0) is 15.5. The first-order valence-electron chi connectivity index (χ1n) is 5.90. The zero-order valence-corrected chi connectivity index (χ0v) is 11.0. The van der Waals surface area contributed by atoms with Crippen LogP contribution in [0.25, 0.3) is 0 Å². The Labute approximate surface area is 118 Å². The predicted octanol–water partition coefficient (Wildman–Crippen LogP) is 3.10. The minimum atomic E-state index is -4.63. The van der Waals surface area contributed by atoms with E-state index >= 15 is 0 Å². The van der Waals surface area contributed by atoms with Gasteiger partial charge in [-0.1, -0.05) is 18.2 Å². The number of ether oxygens (including phenoxy) is 1. The maximum atomic E-state index is 12.7. The van der Waals surface area contributed by atoms with Crippen molar-refractivity contribution in [2.24, 2.45) is 4.99 Å². The molecule has 0 N–H and O–H groups in total. The fourth-order valence-electron chi connectivity index (χ4n) is 1.65. The van der Waals surface area contributed by atoms with Crippen LogP contribution in [0.3, 0.4) is 0 Å². The van der Waals surface area contributed by atoms with Gasteiger partial charge in [0.15, 0.2) is 0 Å². The Morgan fingerprint density at radius 1 is 1.24 bits per heavy atom.